The summed E-state index contributed by atoms with van der Waals surface area (Å²) in [6, 6.07) is 5.29. The summed E-state index contributed by atoms with van der Waals surface area (Å²) in [5.41, 5.74) is 2.28. The third-order valence-electron chi connectivity index (χ3n) is 3.36. The minimum Gasteiger partial charge on any atom is -0.396 e. The van der Waals surface area contributed by atoms with E-state index in [0.717, 1.165) is 17.3 Å². The molecule has 3 N–H and O–H groups in total. The Bertz CT molecular complexity index is 808. The van der Waals surface area contributed by atoms with Gasteiger partial charge in [0.2, 0.25) is 5.91 Å². The lowest BCUT2D eigenvalue weighted by Crippen LogP contribution is -2.19. The van der Waals surface area contributed by atoms with E-state index in [1.807, 2.05) is 13.0 Å². The van der Waals surface area contributed by atoms with Crippen molar-refractivity contribution in [1.82, 2.24) is 9.97 Å². The summed E-state index contributed by atoms with van der Waals surface area (Å²) in [6.07, 6.45) is 0.258. The maximum Gasteiger partial charge on any atom is 0.255 e. The molecule has 0 aliphatic carbocycles. The minimum absolute atomic E-state index is 0.104. The first-order valence-electron chi connectivity index (χ1n) is 7.30. The molecule has 0 fully saturated rings. The Labute approximate surface area is 148 Å². The van der Waals surface area contributed by atoms with E-state index in [9.17, 15) is 9.59 Å². The lowest BCUT2D eigenvalue weighted by molar-refractivity contribution is -0.113. The molecule has 0 radical (unpaired) electrons. The number of carbonyl (C=O) groups is 1. The maximum absolute atomic E-state index is 12.0. The van der Waals surface area contributed by atoms with Crippen molar-refractivity contribution in [3.63, 3.8) is 0 Å². The van der Waals surface area contributed by atoms with Gasteiger partial charge in [-0.2, -0.15) is 0 Å². The monoisotopic (exact) mass is 367 g/mol. The topological polar surface area (TPSA) is 95.1 Å². The number of carbonyl (C=O) groups excluding carboxylic acids is 1. The Morgan fingerprint density at radius 2 is 2.17 bits per heavy atom. The lowest BCUT2D eigenvalue weighted by Gasteiger charge is -2.08. The number of amides is 1. The standard InChI is InChI=1S/C16H18ClN3O3S/c1-9-3-4-11(7-13(9)17)19-14(22)8-24-16-18-10(2)12(5-6-21)15(23)20-16/h3-4,7,21H,5-6,8H2,1-2H3,(H,19,22)(H,18,20,23). The van der Waals surface area contributed by atoms with Crippen LogP contribution in [0.15, 0.2) is 28.2 Å². The molecule has 0 atom stereocenters. The largest absolute Gasteiger partial charge is 0.396 e. The van der Waals surface area contributed by atoms with Crippen LogP contribution in [0, 0.1) is 13.8 Å². The number of aromatic amines is 1. The second kappa shape index (κ2) is 8.32. The van der Waals surface area contributed by atoms with Crippen LogP contribution in [0.25, 0.3) is 0 Å². The quantitative estimate of drug-likeness (QED) is 0.538. The summed E-state index contributed by atoms with van der Waals surface area (Å²) in [5, 5.41) is 12.6. The molecule has 0 spiro atoms. The van der Waals surface area contributed by atoms with Gasteiger partial charge in [0, 0.05) is 35.0 Å². The second-order valence-corrected chi connectivity index (χ2v) is 6.58. The number of halogens is 1. The molecule has 1 aromatic carbocycles. The van der Waals surface area contributed by atoms with Gasteiger partial charge in [-0.05, 0) is 31.5 Å². The van der Waals surface area contributed by atoms with Crippen LogP contribution in [0.5, 0.6) is 0 Å². The highest BCUT2D eigenvalue weighted by Gasteiger charge is 2.10. The van der Waals surface area contributed by atoms with Crippen LogP contribution in [0.4, 0.5) is 5.69 Å². The molecule has 1 aromatic heterocycles. The SMILES string of the molecule is Cc1ccc(NC(=O)CSc2nc(C)c(CCO)c(=O)[nH]2)cc1Cl. The molecular formula is C16H18ClN3O3S. The highest BCUT2D eigenvalue weighted by Crippen LogP contribution is 2.20. The van der Waals surface area contributed by atoms with Crippen molar-refractivity contribution in [2.24, 2.45) is 0 Å². The highest BCUT2D eigenvalue weighted by molar-refractivity contribution is 7.99. The zero-order valence-corrected chi connectivity index (χ0v) is 14.9. The van der Waals surface area contributed by atoms with E-state index < -0.39 is 0 Å². The van der Waals surface area contributed by atoms with Crippen molar-refractivity contribution in [3.8, 4) is 0 Å². The van der Waals surface area contributed by atoms with Crippen LogP contribution in [0.3, 0.4) is 0 Å². The van der Waals surface area contributed by atoms with E-state index >= 15 is 0 Å². The summed E-state index contributed by atoms with van der Waals surface area (Å²) in [4.78, 5) is 30.8. The lowest BCUT2D eigenvalue weighted by atomic mass is 10.2. The molecule has 0 aliphatic heterocycles. The fourth-order valence-corrected chi connectivity index (χ4v) is 2.95. The number of aryl methyl sites for hydroxylation is 2. The number of benzene rings is 1. The number of nitrogens with zero attached hydrogens (tertiary/aromatic N) is 1. The van der Waals surface area contributed by atoms with Crippen LogP contribution in [-0.2, 0) is 11.2 Å². The van der Waals surface area contributed by atoms with Crippen LogP contribution < -0.4 is 10.9 Å². The van der Waals surface area contributed by atoms with Gasteiger partial charge < -0.3 is 15.4 Å². The van der Waals surface area contributed by atoms with Gasteiger partial charge in [-0.25, -0.2) is 4.98 Å². The van der Waals surface area contributed by atoms with E-state index in [0.29, 0.717) is 27.1 Å². The highest BCUT2D eigenvalue weighted by atomic mass is 35.5. The number of thioether (sulfide) groups is 1. The van der Waals surface area contributed by atoms with E-state index in [-0.39, 0.29) is 30.2 Å². The van der Waals surface area contributed by atoms with Gasteiger partial charge in [-0.15, -0.1) is 0 Å². The van der Waals surface area contributed by atoms with Crippen LogP contribution in [0.1, 0.15) is 16.8 Å². The average Bonchev–Trinajstić information content (AvgIpc) is 2.52. The zero-order valence-electron chi connectivity index (χ0n) is 13.4. The molecule has 2 rings (SSSR count). The number of rotatable bonds is 6. The van der Waals surface area contributed by atoms with Crippen LogP contribution >= 0.6 is 23.4 Å². The molecule has 2 aromatic rings. The molecule has 24 heavy (non-hydrogen) atoms. The number of anilines is 1. The van der Waals surface area contributed by atoms with Gasteiger partial charge >= 0.3 is 0 Å². The molecule has 6 nitrogen and oxygen atoms in total. The minimum atomic E-state index is -0.287. The summed E-state index contributed by atoms with van der Waals surface area (Å²) >= 11 is 7.16. The molecule has 8 heteroatoms. The zero-order chi connectivity index (χ0) is 17.7. The molecule has 128 valence electrons. The first-order chi connectivity index (χ1) is 11.4. The van der Waals surface area contributed by atoms with Crippen molar-refractivity contribution < 1.29 is 9.90 Å². The van der Waals surface area contributed by atoms with Crippen molar-refractivity contribution in [2.45, 2.75) is 25.4 Å². The average molecular weight is 368 g/mol. The second-order valence-electron chi connectivity index (χ2n) is 5.21. The van der Waals surface area contributed by atoms with Crippen LogP contribution in [-0.4, -0.2) is 33.3 Å². The molecule has 0 saturated heterocycles. The summed E-state index contributed by atoms with van der Waals surface area (Å²) < 4.78 is 0. The molecule has 0 aliphatic rings. The third kappa shape index (κ3) is 4.83. The molecular weight excluding hydrogens is 350 g/mol. The molecule has 0 unspecified atom stereocenters. The molecule has 0 bridgehead atoms. The number of hydrogen-bond acceptors (Lipinski definition) is 5. The molecule has 1 amide bonds. The van der Waals surface area contributed by atoms with Gasteiger partial charge in [-0.3, -0.25) is 9.59 Å². The Hall–Kier alpha value is -1.83. The number of aliphatic hydroxyl groups is 1. The first kappa shape index (κ1) is 18.5. The fraction of sp³-hybridized carbons (Fsp3) is 0.312. The number of hydrogen-bond donors (Lipinski definition) is 3. The number of nitrogens with one attached hydrogen (secondary N) is 2. The van der Waals surface area contributed by atoms with E-state index in [2.05, 4.69) is 15.3 Å². The van der Waals surface area contributed by atoms with Gasteiger partial charge in [0.25, 0.3) is 5.56 Å². The smallest absolute Gasteiger partial charge is 0.255 e. The number of aromatic nitrogens is 2. The van der Waals surface area contributed by atoms with Gasteiger partial charge in [0.1, 0.15) is 0 Å². The van der Waals surface area contributed by atoms with Crippen molar-refractivity contribution in [1.29, 1.82) is 0 Å². The Morgan fingerprint density at radius 1 is 1.42 bits per heavy atom. The first-order valence-corrected chi connectivity index (χ1v) is 8.66. The Kier molecular flexibility index (Phi) is 6.42. The fourth-order valence-electron chi connectivity index (χ4n) is 2.06. The van der Waals surface area contributed by atoms with E-state index in [4.69, 9.17) is 16.7 Å². The summed E-state index contributed by atoms with van der Waals surface area (Å²) in [7, 11) is 0. The number of aliphatic hydroxyl groups excluding tert-OH is 1. The van der Waals surface area contributed by atoms with Gasteiger partial charge in [0.15, 0.2) is 5.16 Å². The van der Waals surface area contributed by atoms with E-state index in [1.54, 1.807) is 19.1 Å². The predicted molar refractivity (Wildman–Crippen MR) is 95.9 cm³/mol. The van der Waals surface area contributed by atoms with Crippen LogP contribution in [0.2, 0.25) is 5.02 Å². The molecule has 0 saturated carbocycles. The van der Waals surface area contributed by atoms with Gasteiger partial charge in [-0.1, -0.05) is 29.4 Å². The van der Waals surface area contributed by atoms with Crippen molar-refractivity contribution in [2.75, 3.05) is 17.7 Å². The number of H-pyrrole nitrogens is 1. The van der Waals surface area contributed by atoms with E-state index in [1.165, 1.54) is 0 Å². The molecule has 1 heterocycles. The van der Waals surface area contributed by atoms with Crippen molar-refractivity contribution >= 4 is 35.0 Å². The Balaban J connectivity index is 1.98. The maximum atomic E-state index is 12.0. The predicted octanol–water partition coefficient (Wildman–Crippen LogP) is 2.31. The summed E-state index contributed by atoms with van der Waals surface area (Å²) in [6.45, 7) is 3.48. The third-order valence-corrected chi connectivity index (χ3v) is 4.64. The van der Waals surface area contributed by atoms with Crippen molar-refractivity contribution in [3.05, 3.63) is 50.4 Å². The normalized spacial score (nSPS) is 10.7. The Morgan fingerprint density at radius 3 is 2.79 bits per heavy atom. The summed E-state index contributed by atoms with van der Waals surface area (Å²) in [5.74, 6) is -0.118. The van der Waals surface area contributed by atoms with Gasteiger partial charge in [0.05, 0.1) is 5.75 Å².